The molecule has 6 rings (SSSR count). The third-order valence-electron chi connectivity index (χ3n) is 9.28. The van der Waals surface area contributed by atoms with Crippen molar-refractivity contribution in [3.05, 3.63) is 0 Å². The highest BCUT2D eigenvalue weighted by atomic mass is 16.7. The molecule has 6 aliphatic rings. The molecule has 4 heterocycles. The van der Waals surface area contributed by atoms with E-state index in [0.29, 0.717) is 32.5 Å². The van der Waals surface area contributed by atoms with Crippen LogP contribution in [0.3, 0.4) is 0 Å². The Bertz CT molecular complexity index is 815. The fourth-order valence-electron chi connectivity index (χ4n) is 8.29. The number of carbonyl (C=O) groups is 2. The number of hydrogen-bond donors (Lipinski definition) is 1. The molecule has 8 atom stereocenters. The molecule has 2 saturated carbocycles. The Hall–Kier alpha value is -1.22. The van der Waals surface area contributed by atoms with Gasteiger partial charge in [-0.25, -0.2) is 0 Å². The number of fused-ring (bicyclic) bond motifs is 1. The van der Waals surface area contributed by atoms with Gasteiger partial charge >= 0.3 is 11.9 Å². The summed E-state index contributed by atoms with van der Waals surface area (Å²) in [6.45, 7) is 4.33. The van der Waals surface area contributed by atoms with E-state index in [-0.39, 0.29) is 24.5 Å². The van der Waals surface area contributed by atoms with Gasteiger partial charge < -0.3 is 28.8 Å². The zero-order valence-electron chi connectivity index (χ0n) is 17.6. The van der Waals surface area contributed by atoms with Crippen molar-refractivity contribution < 1.29 is 38.4 Å². The van der Waals surface area contributed by atoms with Crippen molar-refractivity contribution >= 4 is 11.9 Å². The molecule has 6 fully saturated rings. The largest absolute Gasteiger partial charge is 0.462 e. The number of aliphatic hydroxyl groups excluding tert-OH is 1. The Morgan fingerprint density at radius 3 is 2.70 bits per heavy atom. The summed E-state index contributed by atoms with van der Waals surface area (Å²) in [7, 11) is 0. The lowest BCUT2D eigenvalue weighted by Crippen LogP contribution is -2.75. The zero-order valence-corrected chi connectivity index (χ0v) is 17.6. The van der Waals surface area contributed by atoms with E-state index < -0.39 is 40.0 Å². The van der Waals surface area contributed by atoms with Crippen LogP contribution in [0.1, 0.15) is 58.8 Å². The van der Waals surface area contributed by atoms with Gasteiger partial charge in [-0.05, 0) is 32.6 Å². The van der Waals surface area contributed by atoms with Gasteiger partial charge in [0.1, 0.15) is 23.9 Å². The molecule has 0 aromatic rings. The van der Waals surface area contributed by atoms with E-state index in [9.17, 15) is 14.7 Å². The number of hydrogen-bond acceptors (Lipinski definition) is 8. The summed E-state index contributed by atoms with van der Waals surface area (Å²) >= 11 is 0. The van der Waals surface area contributed by atoms with Gasteiger partial charge in [-0.15, -0.1) is 0 Å². The van der Waals surface area contributed by atoms with Gasteiger partial charge in [0.25, 0.3) is 0 Å². The average molecular weight is 422 g/mol. The minimum Gasteiger partial charge on any atom is -0.462 e. The molecule has 0 aromatic heterocycles. The maximum atomic E-state index is 13.2. The Balaban J connectivity index is 1.53. The van der Waals surface area contributed by atoms with Crippen LogP contribution in [0, 0.1) is 16.7 Å². The maximum absolute atomic E-state index is 13.2. The number of cyclic esters (lactones) is 1. The molecule has 8 nitrogen and oxygen atoms in total. The van der Waals surface area contributed by atoms with Crippen molar-refractivity contribution in [2.75, 3.05) is 19.8 Å². The first-order valence-corrected chi connectivity index (χ1v) is 11.2. The molecule has 4 aliphatic heterocycles. The summed E-state index contributed by atoms with van der Waals surface area (Å²) < 4.78 is 30.8. The van der Waals surface area contributed by atoms with E-state index in [0.717, 1.165) is 25.7 Å². The first-order chi connectivity index (χ1) is 14.2. The Labute approximate surface area is 175 Å². The second kappa shape index (κ2) is 5.77. The van der Waals surface area contributed by atoms with Gasteiger partial charge in [0.05, 0.1) is 24.2 Å². The molecule has 0 radical (unpaired) electrons. The Kier molecular flexibility index (Phi) is 3.74. The van der Waals surface area contributed by atoms with Crippen LogP contribution in [0.2, 0.25) is 0 Å². The Morgan fingerprint density at radius 2 is 1.97 bits per heavy atom. The van der Waals surface area contributed by atoms with Crippen molar-refractivity contribution in [1.29, 1.82) is 0 Å². The van der Waals surface area contributed by atoms with E-state index in [1.54, 1.807) is 0 Å². The molecule has 4 spiro atoms. The first kappa shape index (κ1) is 19.5. The third-order valence-corrected chi connectivity index (χ3v) is 9.28. The highest BCUT2D eigenvalue weighted by molar-refractivity contribution is 5.78. The monoisotopic (exact) mass is 422 g/mol. The number of carbonyl (C=O) groups excluding carboxylic acids is 2. The second-order valence-corrected chi connectivity index (χ2v) is 10.7. The topological polar surface area (TPSA) is 101 Å². The SMILES string of the molecule is CC(=O)O[C@@H]1C[C@]23COC(=O)[C@@]4(C)CCC[C@@](CO2)([C@@H]14)[C@@]31CC[C@@]2(CO[C@H](O)C2)O1. The average Bonchev–Trinajstić information content (AvgIpc) is 3.28. The quantitative estimate of drug-likeness (QED) is 0.634. The van der Waals surface area contributed by atoms with Gasteiger partial charge in [-0.2, -0.15) is 0 Å². The second-order valence-electron chi connectivity index (χ2n) is 10.7. The summed E-state index contributed by atoms with van der Waals surface area (Å²) in [6, 6.07) is 0. The van der Waals surface area contributed by atoms with Crippen LogP contribution in [0.25, 0.3) is 0 Å². The molecule has 0 aromatic carbocycles. The normalized spacial score (nSPS) is 56.2. The number of ether oxygens (including phenoxy) is 5. The first-order valence-electron chi connectivity index (χ1n) is 11.2. The van der Waals surface area contributed by atoms with Crippen molar-refractivity contribution in [3.8, 4) is 0 Å². The lowest BCUT2D eigenvalue weighted by molar-refractivity contribution is -0.294. The fourth-order valence-corrected chi connectivity index (χ4v) is 8.29. The minimum atomic E-state index is -0.852. The summed E-state index contributed by atoms with van der Waals surface area (Å²) in [5.74, 6) is -0.780. The van der Waals surface area contributed by atoms with Crippen molar-refractivity contribution in [2.24, 2.45) is 16.7 Å². The van der Waals surface area contributed by atoms with Crippen LogP contribution in [0.5, 0.6) is 0 Å². The Morgan fingerprint density at radius 1 is 1.13 bits per heavy atom. The van der Waals surface area contributed by atoms with E-state index in [4.69, 9.17) is 23.7 Å². The standard InChI is InChI=1S/C22H30O8/c1-13(23)29-14-8-21-12-27-17(25)18(2)4-3-5-20(11-28-21,16(14)18)22(21)7-6-19(30-22)9-15(24)26-10-19/h14-16,24H,3-12H2,1-2H3/t14-,15+,16+,18+,19-,20-,21-,22+/m1/s1. The lowest BCUT2D eigenvalue weighted by atomic mass is 9.42. The number of esters is 2. The molecule has 4 saturated heterocycles. The van der Waals surface area contributed by atoms with Crippen molar-refractivity contribution in [1.82, 2.24) is 0 Å². The molecule has 8 heteroatoms. The summed E-state index contributed by atoms with van der Waals surface area (Å²) in [5.41, 5.74) is -3.22. The predicted octanol–water partition coefficient (Wildman–Crippen LogP) is 1.47. The molecule has 2 aliphatic carbocycles. The van der Waals surface area contributed by atoms with Crippen molar-refractivity contribution in [3.63, 3.8) is 0 Å². The van der Waals surface area contributed by atoms with Crippen LogP contribution in [-0.2, 0) is 33.3 Å². The van der Waals surface area contributed by atoms with Gasteiger partial charge in [0, 0.05) is 31.1 Å². The zero-order chi connectivity index (χ0) is 21.0. The summed E-state index contributed by atoms with van der Waals surface area (Å²) in [6.07, 6.45) is 3.64. The van der Waals surface area contributed by atoms with Crippen LogP contribution in [-0.4, -0.2) is 66.1 Å². The molecule has 166 valence electrons. The van der Waals surface area contributed by atoms with E-state index >= 15 is 0 Å². The molecule has 1 N–H and O–H groups in total. The molecule has 3 bridgehead atoms. The number of aliphatic hydroxyl groups is 1. The molecule has 0 amide bonds. The fraction of sp³-hybridized carbons (Fsp3) is 0.909. The molecular formula is C22H30O8. The predicted molar refractivity (Wildman–Crippen MR) is 100 cm³/mol. The van der Waals surface area contributed by atoms with E-state index in [1.807, 2.05) is 6.92 Å². The highest BCUT2D eigenvalue weighted by Gasteiger charge is 2.84. The lowest BCUT2D eigenvalue weighted by Gasteiger charge is -2.65. The van der Waals surface area contributed by atoms with Crippen LogP contribution in [0.4, 0.5) is 0 Å². The van der Waals surface area contributed by atoms with Crippen LogP contribution in [0.15, 0.2) is 0 Å². The van der Waals surface area contributed by atoms with Gasteiger partial charge in [0.2, 0.25) is 0 Å². The third kappa shape index (κ3) is 2.07. The van der Waals surface area contributed by atoms with Gasteiger partial charge in [0.15, 0.2) is 6.29 Å². The molecule has 30 heavy (non-hydrogen) atoms. The minimum absolute atomic E-state index is 0.104. The highest BCUT2D eigenvalue weighted by Crippen LogP contribution is 2.74. The summed E-state index contributed by atoms with van der Waals surface area (Å²) in [4.78, 5) is 25.2. The van der Waals surface area contributed by atoms with E-state index in [1.165, 1.54) is 6.92 Å². The van der Waals surface area contributed by atoms with Crippen LogP contribution < -0.4 is 0 Å². The maximum Gasteiger partial charge on any atom is 0.312 e. The smallest absolute Gasteiger partial charge is 0.312 e. The van der Waals surface area contributed by atoms with Gasteiger partial charge in [-0.3, -0.25) is 9.59 Å². The van der Waals surface area contributed by atoms with E-state index in [2.05, 4.69) is 0 Å². The molecule has 0 unspecified atom stereocenters. The van der Waals surface area contributed by atoms with Crippen LogP contribution >= 0.6 is 0 Å². The summed E-state index contributed by atoms with van der Waals surface area (Å²) in [5, 5.41) is 10.1. The van der Waals surface area contributed by atoms with Gasteiger partial charge in [-0.1, -0.05) is 6.42 Å². The van der Waals surface area contributed by atoms with Crippen molar-refractivity contribution in [2.45, 2.75) is 88.0 Å². The number of rotatable bonds is 1. The molecular weight excluding hydrogens is 392 g/mol.